The number of ether oxygens (including phenoxy) is 8. The summed E-state index contributed by atoms with van der Waals surface area (Å²) in [7, 11) is 0. The lowest BCUT2D eigenvalue weighted by Gasteiger charge is -2.09. The molecule has 0 saturated heterocycles. The molecule has 0 aliphatic rings. The average molecular weight is 642 g/mol. The first-order valence-corrected chi connectivity index (χ1v) is 16.8. The molecular formula is C34H59NO10. The fourth-order valence-electron chi connectivity index (χ4n) is 3.95. The SMILES string of the molecule is CCCCCCCCC(=O)OCCOCCOCCOCCOCCOCCOCCOC(=O)c1ccc(NCCCC)cc1. The number of nitrogens with one attached hydrogen (secondary N) is 1. The molecule has 0 amide bonds. The van der Waals surface area contributed by atoms with Crippen molar-refractivity contribution in [2.24, 2.45) is 0 Å². The summed E-state index contributed by atoms with van der Waals surface area (Å²) in [5, 5.41) is 3.32. The van der Waals surface area contributed by atoms with E-state index in [2.05, 4.69) is 19.2 Å². The Balaban J connectivity index is 1.75. The minimum atomic E-state index is -0.361. The summed E-state index contributed by atoms with van der Waals surface area (Å²) in [5.74, 6) is -0.509. The van der Waals surface area contributed by atoms with Crippen molar-refractivity contribution in [3.05, 3.63) is 29.8 Å². The third kappa shape index (κ3) is 26.6. The molecule has 0 radical (unpaired) electrons. The number of anilines is 1. The highest BCUT2D eigenvalue weighted by Crippen LogP contribution is 2.11. The normalized spacial score (nSPS) is 11.1. The Morgan fingerprint density at radius 1 is 0.511 bits per heavy atom. The zero-order valence-corrected chi connectivity index (χ0v) is 27.9. The van der Waals surface area contributed by atoms with E-state index in [9.17, 15) is 9.59 Å². The highest BCUT2D eigenvalue weighted by molar-refractivity contribution is 5.89. The lowest BCUT2D eigenvalue weighted by atomic mass is 10.1. The van der Waals surface area contributed by atoms with Crippen LogP contribution in [0.3, 0.4) is 0 Å². The van der Waals surface area contributed by atoms with Crippen LogP contribution in [0, 0.1) is 0 Å². The second-order valence-electron chi connectivity index (χ2n) is 10.4. The van der Waals surface area contributed by atoms with Crippen molar-refractivity contribution in [3.63, 3.8) is 0 Å². The lowest BCUT2D eigenvalue weighted by molar-refractivity contribution is -0.145. The van der Waals surface area contributed by atoms with Gasteiger partial charge in [-0.15, -0.1) is 0 Å². The minimum absolute atomic E-state index is 0.147. The smallest absolute Gasteiger partial charge is 0.338 e. The van der Waals surface area contributed by atoms with Crippen LogP contribution in [0.25, 0.3) is 0 Å². The van der Waals surface area contributed by atoms with Gasteiger partial charge in [-0.2, -0.15) is 0 Å². The zero-order valence-electron chi connectivity index (χ0n) is 27.9. The Morgan fingerprint density at radius 2 is 0.933 bits per heavy atom. The Kier molecular flexibility index (Phi) is 28.7. The molecule has 0 aliphatic carbocycles. The first-order valence-electron chi connectivity index (χ1n) is 16.8. The van der Waals surface area contributed by atoms with Gasteiger partial charge in [-0.3, -0.25) is 4.79 Å². The Bertz CT molecular complexity index is 809. The molecule has 0 atom stereocenters. The van der Waals surface area contributed by atoms with E-state index in [1.807, 2.05) is 12.1 Å². The van der Waals surface area contributed by atoms with Gasteiger partial charge in [0.2, 0.25) is 0 Å². The van der Waals surface area contributed by atoms with Crippen molar-refractivity contribution in [1.82, 2.24) is 0 Å². The molecule has 11 nitrogen and oxygen atoms in total. The van der Waals surface area contributed by atoms with Crippen LogP contribution in [0.5, 0.6) is 0 Å². The van der Waals surface area contributed by atoms with Crippen molar-refractivity contribution < 1.29 is 47.5 Å². The molecule has 0 bridgehead atoms. The van der Waals surface area contributed by atoms with Crippen LogP contribution < -0.4 is 5.32 Å². The van der Waals surface area contributed by atoms with Crippen LogP contribution in [-0.2, 0) is 42.7 Å². The largest absolute Gasteiger partial charge is 0.463 e. The molecule has 0 aromatic heterocycles. The summed E-state index contributed by atoms with van der Waals surface area (Å²) in [6.07, 6.45) is 9.65. The molecule has 260 valence electrons. The number of carbonyl (C=O) groups excluding carboxylic acids is 2. The van der Waals surface area contributed by atoms with Crippen LogP contribution in [-0.4, -0.2) is 111 Å². The second kappa shape index (κ2) is 31.7. The van der Waals surface area contributed by atoms with Crippen molar-refractivity contribution in [2.75, 3.05) is 104 Å². The number of benzene rings is 1. The van der Waals surface area contributed by atoms with Crippen molar-refractivity contribution in [1.29, 1.82) is 0 Å². The molecule has 0 unspecified atom stereocenters. The average Bonchev–Trinajstić information content (AvgIpc) is 3.05. The number of carbonyl (C=O) groups is 2. The summed E-state index contributed by atoms with van der Waals surface area (Å²) in [6.45, 7) is 11.0. The molecule has 0 saturated carbocycles. The molecular weight excluding hydrogens is 582 g/mol. The highest BCUT2D eigenvalue weighted by atomic mass is 16.6. The quantitative estimate of drug-likeness (QED) is 0.0780. The standard InChI is InChI=1S/C34H59NO10/c1-3-5-7-8-9-10-11-33(36)44-29-27-42-25-23-40-21-19-38-17-18-39-20-22-41-24-26-43-28-30-45-34(37)31-12-14-32(15-13-31)35-16-6-4-2/h12-15,35H,3-11,16-30H2,1-2H3. The lowest BCUT2D eigenvalue weighted by Crippen LogP contribution is -2.15. The molecule has 0 heterocycles. The van der Waals surface area contributed by atoms with Gasteiger partial charge in [0.15, 0.2) is 0 Å². The molecule has 1 aromatic carbocycles. The van der Waals surface area contributed by atoms with E-state index in [0.717, 1.165) is 37.9 Å². The van der Waals surface area contributed by atoms with Gasteiger partial charge >= 0.3 is 11.9 Å². The summed E-state index contributed by atoms with van der Waals surface area (Å²) in [4.78, 5) is 23.8. The van der Waals surface area contributed by atoms with Gasteiger partial charge in [-0.05, 0) is 37.1 Å². The molecule has 1 rings (SSSR count). The van der Waals surface area contributed by atoms with Gasteiger partial charge in [0.1, 0.15) is 13.2 Å². The number of esters is 2. The fraction of sp³-hybridized carbons (Fsp3) is 0.765. The molecule has 0 aliphatic heterocycles. The molecule has 1 aromatic rings. The summed E-state index contributed by atoms with van der Waals surface area (Å²) in [6, 6.07) is 7.29. The third-order valence-corrected chi connectivity index (χ3v) is 6.53. The molecule has 11 heteroatoms. The first kappa shape index (κ1) is 40.7. The molecule has 1 N–H and O–H groups in total. The maximum Gasteiger partial charge on any atom is 0.338 e. The topological polar surface area (TPSA) is 120 Å². The predicted octanol–water partition coefficient (Wildman–Crippen LogP) is 5.45. The first-order chi connectivity index (χ1) is 22.2. The van der Waals surface area contributed by atoms with E-state index in [1.54, 1.807) is 12.1 Å². The van der Waals surface area contributed by atoms with Gasteiger partial charge in [-0.25, -0.2) is 4.79 Å². The number of hydrogen-bond donors (Lipinski definition) is 1. The van der Waals surface area contributed by atoms with Gasteiger partial charge in [0.25, 0.3) is 0 Å². The Morgan fingerprint density at radius 3 is 1.42 bits per heavy atom. The van der Waals surface area contributed by atoms with Crippen molar-refractivity contribution in [2.45, 2.75) is 71.6 Å². The van der Waals surface area contributed by atoms with Gasteiger partial charge in [0, 0.05) is 18.7 Å². The summed E-state index contributed by atoms with van der Waals surface area (Å²) in [5.41, 5.74) is 1.51. The molecule has 0 spiro atoms. The summed E-state index contributed by atoms with van der Waals surface area (Å²) < 4.78 is 43.1. The predicted molar refractivity (Wildman–Crippen MR) is 174 cm³/mol. The zero-order chi connectivity index (χ0) is 32.5. The monoisotopic (exact) mass is 641 g/mol. The van der Waals surface area contributed by atoms with E-state index in [4.69, 9.17) is 37.9 Å². The van der Waals surface area contributed by atoms with Crippen LogP contribution >= 0.6 is 0 Å². The fourth-order valence-corrected chi connectivity index (χ4v) is 3.95. The van der Waals surface area contributed by atoms with Gasteiger partial charge < -0.3 is 43.2 Å². The van der Waals surface area contributed by atoms with E-state index >= 15 is 0 Å². The maximum atomic E-state index is 12.1. The van der Waals surface area contributed by atoms with Crippen LogP contribution in [0.2, 0.25) is 0 Å². The van der Waals surface area contributed by atoms with Crippen molar-refractivity contribution in [3.8, 4) is 0 Å². The maximum absolute atomic E-state index is 12.1. The Hall–Kier alpha value is -2.28. The number of hydrogen-bond acceptors (Lipinski definition) is 11. The van der Waals surface area contributed by atoms with Crippen LogP contribution in [0.1, 0.15) is 82.0 Å². The second-order valence-corrected chi connectivity index (χ2v) is 10.4. The minimum Gasteiger partial charge on any atom is -0.463 e. The number of unbranched alkanes of at least 4 members (excludes halogenated alkanes) is 6. The van der Waals surface area contributed by atoms with Crippen molar-refractivity contribution >= 4 is 17.6 Å². The number of rotatable bonds is 33. The van der Waals surface area contributed by atoms with Crippen LogP contribution in [0.15, 0.2) is 24.3 Å². The highest BCUT2D eigenvalue weighted by Gasteiger charge is 2.07. The molecule has 0 fully saturated rings. The van der Waals surface area contributed by atoms with E-state index in [-0.39, 0.29) is 25.2 Å². The van der Waals surface area contributed by atoms with E-state index in [1.165, 1.54) is 25.7 Å². The van der Waals surface area contributed by atoms with Gasteiger partial charge in [-0.1, -0.05) is 52.4 Å². The van der Waals surface area contributed by atoms with E-state index in [0.29, 0.717) is 91.3 Å². The van der Waals surface area contributed by atoms with Gasteiger partial charge in [0.05, 0.1) is 84.8 Å². The van der Waals surface area contributed by atoms with E-state index < -0.39 is 0 Å². The van der Waals surface area contributed by atoms with Crippen LogP contribution in [0.4, 0.5) is 5.69 Å². The third-order valence-electron chi connectivity index (χ3n) is 6.53. The Labute approximate surface area is 270 Å². The summed E-state index contributed by atoms with van der Waals surface area (Å²) >= 11 is 0. The molecule has 45 heavy (non-hydrogen) atoms.